The van der Waals surface area contributed by atoms with E-state index in [1.165, 1.54) is 17.7 Å². The Morgan fingerprint density at radius 2 is 1.70 bits per heavy atom. The summed E-state index contributed by atoms with van der Waals surface area (Å²) >= 11 is 0. The number of phenolic OH excluding ortho intramolecular Hbond substituents is 1. The highest BCUT2D eigenvalue weighted by molar-refractivity contribution is 6.32. The van der Waals surface area contributed by atoms with E-state index in [0.29, 0.717) is 23.9 Å². The molecule has 0 saturated heterocycles. The topological polar surface area (TPSA) is 162 Å². The molecule has 4 aliphatic rings. The Morgan fingerprint density at radius 3 is 2.23 bits per heavy atom. The molecule has 1 aromatic rings. The van der Waals surface area contributed by atoms with Crippen LogP contribution in [0.3, 0.4) is 0 Å². The first-order valence-corrected chi connectivity index (χ1v) is 15.7. The smallest absolute Gasteiger partial charge is 0.235 e. The highest BCUT2D eigenvalue weighted by atomic mass is 16.3. The van der Waals surface area contributed by atoms with Crippen molar-refractivity contribution in [1.29, 1.82) is 0 Å². The maximum absolute atomic E-state index is 14.2. The number of carbonyl (C=O) groups is 5. The predicted molar refractivity (Wildman–Crippen MR) is 163 cm³/mol. The van der Waals surface area contributed by atoms with Crippen molar-refractivity contribution in [2.24, 2.45) is 41.2 Å². The molecule has 3 fully saturated rings. The summed E-state index contributed by atoms with van der Waals surface area (Å²) in [6.45, 7) is 8.11. The van der Waals surface area contributed by atoms with Gasteiger partial charge in [0.05, 0.1) is 17.5 Å². The van der Waals surface area contributed by atoms with Crippen LogP contribution in [0.5, 0.6) is 5.75 Å². The number of hydrogen-bond acceptors (Lipinski definition) is 10. The first kappa shape index (κ1) is 32.2. The molecule has 44 heavy (non-hydrogen) atoms. The Hall–Kier alpha value is -3.15. The van der Waals surface area contributed by atoms with E-state index >= 15 is 0 Å². The van der Waals surface area contributed by atoms with Gasteiger partial charge < -0.3 is 20.8 Å². The second-order valence-corrected chi connectivity index (χ2v) is 14.3. The zero-order chi connectivity index (χ0) is 32.6. The second kappa shape index (κ2) is 11.3. The molecule has 0 spiro atoms. The summed E-state index contributed by atoms with van der Waals surface area (Å²) in [6.07, 6.45) is 2.67. The van der Waals surface area contributed by atoms with E-state index < -0.39 is 64.4 Å². The Kier molecular flexibility index (Phi) is 8.31. The highest BCUT2D eigenvalue weighted by Crippen LogP contribution is 2.52. The number of amides is 1. The molecule has 0 aromatic heterocycles. The fourth-order valence-electron chi connectivity index (χ4n) is 8.05. The number of fused-ring (bicyclic) bond motifs is 3. The first-order valence-electron chi connectivity index (χ1n) is 15.7. The molecular weight excluding hydrogens is 564 g/mol. The number of nitrogens with two attached hydrogens (primary N) is 1. The van der Waals surface area contributed by atoms with Crippen LogP contribution in [0.15, 0.2) is 6.07 Å². The van der Waals surface area contributed by atoms with E-state index in [0.717, 1.165) is 17.8 Å². The minimum atomic E-state index is -2.73. The summed E-state index contributed by atoms with van der Waals surface area (Å²) in [5, 5.41) is 23.2. The molecule has 0 radical (unpaired) electrons. The van der Waals surface area contributed by atoms with Crippen LogP contribution in [0.25, 0.3) is 0 Å². The van der Waals surface area contributed by atoms with Crippen LogP contribution in [0.2, 0.25) is 0 Å². The normalized spacial score (nSPS) is 30.8. The molecule has 240 valence electrons. The third-order valence-corrected chi connectivity index (χ3v) is 10.7. The molecule has 4 N–H and O–H groups in total. The summed E-state index contributed by atoms with van der Waals surface area (Å²) in [5.74, 6) is -9.27. The summed E-state index contributed by atoms with van der Waals surface area (Å²) in [4.78, 5) is 73.2. The van der Waals surface area contributed by atoms with E-state index in [1.807, 2.05) is 19.0 Å². The van der Waals surface area contributed by atoms with Gasteiger partial charge in [-0.2, -0.15) is 0 Å². The molecule has 11 heteroatoms. The summed E-state index contributed by atoms with van der Waals surface area (Å²) in [5.41, 5.74) is 5.02. The number of benzene rings is 1. The third kappa shape index (κ3) is 4.97. The van der Waals surface area contributed by atoms with E-state index in [4.69, 9.17) is 5.73 Å². The number of nitrogens with zero attached hydrogens (tertiary/aromatic N) is 3. The number of aromatic hydroxyl groups is 1. The Labute approximate surface area is 258 Å². The highest BCUT2D eigenvalue weighted by Gasteiger charge is 2.69. The Morgan fingerprint density at radius 1 is 1.07 bits per heavy atom. The van der Waals surface area contributed by atoms with Crippen molar-refractivity contribution in [2.75, 3.05) is 39.6 Å². The van der Waals surface area contributed by atoms with Crippen LogP contribution in [0.4, 0.5) is 5.69 Å². The largest absolute Gasteiger partial charge is 0.507 e. The lowest BCUT2D eigenvalue weighted by Crippen LogP contribution is -2.74. The SMILES string of the molecule is CC(C)[C@H](C)N(Cc1cc(O)c2c(c1N(C)C)C[C@H]1C[C@H]3[C@H](N(C)C)C(=O)C(C(N)=O)C(=O)[C@@]3(O)C(=O)C1C2=O)CC1CC1. The quantitative estimate of drug-likeness (QED) is 0.347. The minimum Gasteiger partial charge on any atom is -0.507 e. The second-order valence-electron chi connectivity index (χ2n) is 14.3. The lowest BCUT2D eigenvalue weighted by molar-refractivity contribution is -0.181. The molecule has 0 heterocycles. The molecule has 5 rings (SSSR count). The average molecular weight is 611 g/mol. The first-order chi connectivity index (χ1) is 20.5. The van der Waals surface area contributed by atoms with Crippen LogP contribution in [0, 0.1) is 35.5 Å². The van der Waals surface area contributed by atoms with Crippen LogP contribution in [-0.2, 0) is 32.1 Å². The molecular formula is C33H46N4O7. The van der Waals surface area contributed by atoms with Crippen molar-refractivity contribution in [3.63, 3.8) is 0 Å². The number of phenols is 1. The molecule has 11 nitrogen and oxygen atoms in total. The number of anilines is 1. The van der Waals surface area contributed by atoms with Crippen LogP contribution >= 0.6 is 0 Å². The standard InChI is InChI=1S/C33H46N4O7/c1-15(2)16(3)37(13-17-8-9-17)14-19-12-22(38)24-20(26(19)35(4)5)10-18-11-21-27(36(6)7)29(40)25(32(34)43)31(42)33(21,44)30(41)23(18)28(24)39/h12,15-18,21,23,25,27,38,44H,8-11,13-14H2,1-7H3,(H2,34,43)/t16-,18-,21-,23?,25?,27-,33-/m0/s1. The molecule has 0 aliphatic heterocycles. The van der Waals surface area contributed by atoms with Crippen molar-refractivity contribution < 1.29 is 34.2 Å². The van der Waals surface area contributed by atoms with Crippen molar-refractivity contribution in [2.45, 2.75) is 70.7 Å². The third-order valence-electron chi connectivity index (χ3n) is 10.7. The molecule has 2 unspecified atom stereocenters. The molecule has 1 aromatic carbocycles. The van der Waals surface area contributed by atoms with Crippen molar-refractivity contribution in [1.82, 2.24) is 9.80 Å². The van der Waals surface area contributed by atoms with Gasteiger partial charge in [0, 0.05) is 44.8 Å². The van der Waals surface area contributed by atoms with E-state index in [1.54, 1.807) is 20.2 Å². The van der Waals surface area contributed by atoms with Crippen molar-refractivity contribution in [3.05, 3.63) is 22.8 Å². The fourth-order valence-corrected chi connectivity index (χ4v) is 8.05. The van der Waals surface area contributed by atoms with Crippen molar-refractivity contribution in [3.8, 4) is 5.75 Å². The van der Waals surface area contributed by atoms with Gasteiger partial charge in [0.1, 0.15) is 5.75 Å². The van der Waals surface area contributed by atoms with Crippen LogP contribution < -0.4 is 10.6 Å². The molecule has 4 aliphatic carbocycles. The minimum absolute atomic E-state index is 0.0229. The lowest BCUT2D eigenvalue weighted by atomic mass is 9.52. The molecule has 0 bridgehead atoms. The number of primary amides is 1. The van der Waals surface area contributed by atoms with E-state index in [9.17, 15) is 34.2 Å². The zero-order valence-electron chi connectivity index (χ0n) is 26.8. The van der Waals surface area contributed by atoms with Gasteiger partial charge in [-0.15, -0.1) is 0 Å². The van der Waals surface area contributed by atoms with Gasteiger partial charge >= 0.3 is 0 Å². The summed E-state index contributed by atoms with van der Waals surface area (Å²) in [7, 11) is 6.93. The van der Waals surface area contributed by atoms with E-state index in [2.05, 4.69) is 25.7 Å². The lowest BCUT2D eigenvalue weighted by Gasteiger charge is -2.52. The number of likely N-dealkylation sites (N-methyl/N-ethyl adjacent to an activating group) is 1. The average Bonchev–Trinajstić information content (AvgIpc) is 3.73. The van der Waals surface area contributed by atoms with Gasteiger partial charge in [0.2, 0.25) is 5.91 Å². The van der Waals surface area contributed by atoms with Crippen LogP contribution in [-0.4, -0.2) is 101 Å². The monoisotopic (exact) mass is 610 g/mol. The zero-order valence-corrected chi connectivity index (χ0v) is 26.8. The summed E-state index contributed by atoms with van der Waals surface area (Å²) in [6, 6.07) is 0.773. The van der Waals surface area contributed by atoms with Gasteiger partial charge in [-0.3, -0.25) is 33.8 Å². The maximum atomic E-state index is 14.2. The van der Waals surface area contributed by atoms with Gasteiger partial charge in [-0.25, -0.2) is 0 Å². The Balaban J connectivity index is 1.60. The van der Waals surface area contributed by atoms with Gasteiger partial charge in [-0.1, -0.05) is 13.8 Å². The molecule has 1 amide bonds. The van der Waals surface area contributed by atoms with Gasteiger partial charge in [0.25, 0.3) is 0 Å². The van der Waals surface area contributed by atoms with Gasteiger partial charge in [-0.05, 0) is 81.6 Å². The van der Waals surface area contributed by atoms with E-state index in [-0.39, 0.29) is 30.2 Å². The predicted octanol–water partition coefficient (Wildman–Crippen LogP) is 1.19. The molecule has 7 atom stereocenters. The number of aliphatic hydroxyl groups is 1. The Bertz CT molecular complexity index is 1420. The number of ketones is 4. The van der Waals surface area contributed by atoms with Gasteiger partial charge in [0.15, 0.2) is 34.7 Å². The fraction of sp³-hybridized carbons (Fsp3) is 0.667. The maximum Gasteiger partial charge on any atom is 0.235 e. The van der Waals surface area contributed by atoms with Crippen molar-refractivity contribution >= 4 is 34.7 Å². The number of rotatable bonds is 9. The number of carbonyl (C=O) groups excluding carboxylic acids is 5. The summed E-state index contributed by atoms with van der Waals surface area (Å²) < 4.78 is 0. The molecule has 3 saturated carbocycles. The van der Waals surface area contributed by atoms with Crippen LogP contribution in [0.1, 0.15) is 61.5 Å². The number of hydrogen-bond donors (Lipinski definition) is 3. The number of Topliss-reactive ketones (excluding diaryl/α,β-unsaturated/α-hetero) is 4.